The summed E-state index contributed by atoms with van der Waals surface area (Å²) in [7, 11) is -5.12. The summed E-state index contributed by atoms with van der Waals surface area (Å²) in [5, 5.41) is 0. The number of hydrogen-bond donors (Lipinski definition) is 0. The van der Waals surface area contributed by atoms with E-state index in [-0.39, 0.29) is 18.5 Å². The monoisotopic (exact) mass is 446 g/mol. The second-order valence-electron chi connectivity index (χ2n) is 8.20. The quantitative estimate of drug-likeness (QED) is 0.535. The van der Waals surface area contributed by atoms with E-state index in [4.69, 9.17) is 0 Å². The Morgan fingerprint density at radius 1 is 1.10 bits per heavy atom. The smallest absolute Gasteiger partial charge is 0.253 e. The van der Waals surface area contributed by atoms with Crippen molar-refractivity contribution in [3.05, 3.63) is 52.9 Å². The number of hydrogen-bond acceptors (Lipinski definition) is 4. The average Bonchev–Trinajstić information content (AvgIpc) is 3.16. The van der Waals surface area contributed by atoms with E-state index in [2.05, 4.69) is 31.1 Å². The molecule has 1 aliphatic heterocycles. The van der Waals surface area contributed by atoms with Gasteiger partial charge in [0.2, 0.25) is 0 Å². The maximum Gasteiger partial charge on any atom is 0.253 e. The maximum absolute atomic E-state index is 13.2. The van der Waals surface area contributed by atoms with E-state index < -0.39 is 18.1 Å². The van der Waals surface area contributed by atoms with E-state index >= 15 is 0 Å². The number of thiophene rings is 1. The third kappa shape index (κ3) is 5.17. The fourth-order valence-electron chi connectivity index (χ4n) is 3.14. The van der Waals surface area contributed by atoms with Gasteiger partial charge < -0.3 is 4.90 Å². The van der Waals surface area contributed by atoms with Crippen molar-refractivity contribution in [3.8, 4) is 11.5 Å². The lowest BCUT2D eigenvalue weighted by molar-refractivity contribution is 0.0642. The van der Waals surface area contributed by atoms with Crippen LogP contribution in [-0.4, -0.2) is 57.3 Å². The second kappa shape index (κ2) is 8.44. The molecule has 0 N–H and O–H groups in total. The molecule has 0 aliphatic carbocycles. The van der Waals surface area contributed by atoms with Gasteiger partial charge in [0.25, 0.3) is 15.9 Å². The minimum atomic E-state index is -3.60. The zero-order valence-electron chi connectivity index (χ0n) is 17.2. The predicted octanol–water partition coefficient (Wildman–Crippen LogP) is 3.51. The molecule has 5 nitrogen and oxygen atoms in total. The van der Waals surface area contributed by atoms with E-state index in [1.165, 1.54) is 15.6 Å². The first-order chi connectivity index (χ1) is 13.6. The van der Waals surface area contributed by atoms with Gasteiger partial charge in [-0.05, 0) is 31.2 Å². The summed E-state index contributed by atoms with van der Waals surface area (Å²) >= 11 is 1.22. The first-order valence-corrected chi connectivity index (χ1v) is 15.3. The molecule has 29 heavy (non-hydrogen) atoms. The highest BCUT2D eigenvalue weighted by Gasteiger charge is 2.36. The second-order valence-corrected chi connectivity index (χ2v) is 16.2. The van der Waals surface area contributed by atoms with E-state index in [1.54, 1.807) is 29.2 Å². The molecule has 0 saturated carbocycles. The Labute approximate surface area is 178 Å². The van der Waals surface area contributed by atoms with Crippen molar-refractivity contribution >= 4 is 35.3 Å². The van der Waals surface area contributed by atoms with Gasteiger partial charge >= 0.3 is 0 Å². The Morgan fingerprint density at radius 3 is 2.41 bits per heavy atom. The van der Waals surface area contributed by atoms with E-state index in [1.807, 2.05) is 25.1 Å². The van der Waals surface area contributed by atoms with Crippen LogP contribution in [0.5, 0.6) is 0 Å². The molecule has 1 fully saturated rings. The number of benzene rings is 1. The number of piperazine rings is 1. The summed E-state index contributed by atoms with van der Waals surface area (Å²) in [6.07, 6.45) is 0. The molecule has 2 heterocycles. The van der Waals surface area contributed by atoms with Crippen LogP contribution >= 0.6 is 11.3 Å². The minimum Gasteiger partial charge on any atom is -0.336 e. The zero-order chi connectivity index (χ0) is 21.2. The van der Waals surface area contributed by atoms with Crippen molar-refractivity contribution < 1.29 is 13.2 Å². The number of amides is 1. The molecule has 0 spiro atoms. The Kier molecular flexibility index (Phi) is 6.34. The molecule has 0 bridgehead atoms. The first kappa shape index (κ1) is 21.8. The zero-order valence-corrected chi connectivity index (χ0v) is 19.8. The molecule has 3 rings (SSSR count). The van der Waals surface area contributed by atoms with Crippen molar-refractivity contribution in [2.75, 3.05) is 19.6 Å². The number of nitrogens with zero attached hydrogens (tertiary/aromatic N) is 2. The number of carbonyl (C=O) groups excluding carboxylic acids is 1. The largest absolute Gasteiger partial charge is 0.336 e. The van der Waals surface area contributed by atoms with Crippen molar-refractivity contribution in [3.63, 3.8) is 0 Å². The van der Waals surface area contributed by atoms with Gasteiger partial charge in [-0.3, -0.25) is 4.79 Å². The minimum absolute atomic E-state index is 0.0606. The van der Waals surface area contributed by atoms with Gasteiger partial charge in [-0.2, -0.15) is 4.31 Å². The molecule has 1 aromatic heterocycles. The molecule has 1 unspecified atom stereocenters. The molecule has 2 aromatic rings. The standard InChI is InChI=1S/C21H26N2O3S2Si/c1-17-16-22(21(24)18-8-6-5-7-9-18)13-14-23(17)28(25,26)20-11-10-19(27-20)12-15-29(2,3)4/h5-11,17H,13-14,16H2,1-4H3. The van der Waals surface area contributed by atoms with Crippen LogP contribution in [0.4, 0.5) is 0 Å². The summed E-state index contributed by atoms with van der Waals surface area (Å²) in [4.78, 5) is 15.2. The fourth-order valence-corrected chi connectivity index (χ4v) is 6.64. The van der Waals surface area contributed by atoms with Crippen LogP contribution in [0.1, 0.15) is 22.2 Å². The highest BCUT2D eigenvalue weighted by Crippen LogP contribution is 2.27. The van der Waals surface area contributed by atoms with Crippen molar-refractivity contribution in [2.45, 2.75) is 36.8 Å². The van der Waals surface area contributed by atoms with E-state index in [0.29, 0.717) is 22.9 Å². The molecule has 0 radical (unpaired) electrons. The van der Waals surface area contributed by atoms with Crippen molar-refractivity contribution in [1.29, 1.82) is 0 Å². The van der Waals surface area contributed by atoms with Crippen LogP contribution in [0, 0.1) is 11.5 Å². The summed E-state index contributed by atoms with van der Waals surface area (Å²) in [6, 6.07) is 12.2. The van der Waals surface area contributed by atoms with Crippen LogP contribution in [0.3, 0.4) is 0 Å². The van der Waals surface area contributed by atoms with Crippen LogP contribution in [0.25, 0.3) is 0 Å². The van der Waals surface area contributed by atoms with Crippen LogP contribution < -0.4 is 0 Å². The van der Waals surface area contributed by atoms with Crippen molar-refractivity contribution in [1.82, 2.24) is 9.21 Å². The van der Waals surface area contributed by atoms with Gasteiger partial charge in [0.15, 0.2) is 0 Å². The maximum atomic E-state index is 13.2. The molecule has 1 atom stereocenters. The van der Waals surface area contributed by atoms with Gasteiger partial charge in [-0.1, -0.05) is 43.8 Å². The van der Waals surface area contributed by atoms with Gasteiger partial charge in [0.05, 0.1) is 4.88 Å². The summed E-state index contributed by atoms with van der Waals surface area (Å²) in [5.41, 5.74) is 3.90. The van der Waals surface area contributed by atoms with Gasteiger partial charge in [-0.15, -0.1) is 16.9 Å². The van der Waals surface area contributed by atoms with E-state index in [0.717, 1.165) is 4.88 Å². The van der Waals surface area contributed by atoms with Crippen molar-refractivity contribution in [2.24, 2.45) is 0 Å². The number of carbonyl (C=O) groups is 1. The first-order valence-electron chi connectivity index (χ1n) is 9.57. The topological polar surface area (TPSA) is 57.7 Å². The third-order valence-corrected chi connectivity index (χ3v) is 8.94. The Hall–Kier alpha value is -1.92. The summed E-state index contributed by atoms with van der Waals surface area (Å²) in [6.45, 7) is 9.36. The highest BCUT2D eigenvalue weighted by molar-refractivity contribution is 7.91. The molecular formula is C21H26N2O3S2Si. The predicted molar refractivity (Wildman–Crippen MR) is 120 cm³/mol. The molecule has 1 aliphatic rings. The van der Waals surface area contributed by atoms with Gasteiger partial charge in [-0.25, -0.2) is 8.42 Å². The fraction of sp³-hybridized carbons (Fsp3) is 0.381. The van der Waals surface area contributed by atoms with Crippen LogP contribution in [-0.2, 0) is 10.0 Å². The summed E-state index contributed by atoms with van der Waals surface area (Å²) < 4.78 is 28.1. The molecule has 8 heteroatoms. The summed E-state index contributed by atoms with van der Waals surface area (Å²) in [5.74, 6) is 3.07. The normalized spacial score (nSPS) is 18.2. The van der Waals surface area contributed by atoms with Gasteiger partial charge in [0.1, 0.15) is 12.3 Å². The Morgan fingerprint density at radius 2 is 1.79 bits per heavy atom. The Bertz CT molecular complexity index is 1050. The lowest BCUT2D eigenvalue weighted by Crippen LogP contribution is -2.55. The lowest BCUT2D eigenvalue weighted by atomic mass is 10.1. The van der Waals surface area contributed by atoms with Gasteiger partial charge in [0, 0.05) is 31.2 Å². The lowest BCUT2D eigenvalue weighted by Gasteiger charge is -2.38. The molecular weight excluding hydrogens is 420 g/mol. The van der Waals surface area contributed by atoms with Crippen LogP contribution in [0.15, 0.2) is 46.7 Å². The number of rotatable bonds is 3. The third-order valence-electron chi connectivity index (χ3n) is 4.58. The molecule has 1 aromatic carbocycles. The van der Waals surface area contributed by atoms with E-state index in [9.17, 15) is 13.2 Å². The van der Waals surface area contributed by atoms with Crippen LogP contribution in [0.2, 0.25) is 19.6 Å². The average molecular weight is 447 g/mol. The molecule has 154 valence electrons. The number of sulfonamides is 1. The Balaban J connectivity index is 1.73. The molecule has 1 saturated heterocycles. The molecule has 1 amide bonds. The SMILES string of the molecule is CC1CN(C(=O)c2ccccc2)CCN1S(=O)(=O)c1ccc(C#C[Si](C)(C)C)s1. The highest BCUT2D eigenvalue weighted by atomic mass is 32.2.